The van der Waals surface area contributed by atoms with Crippen molar-refractivity contribution in [2.45, 2.75) is 28.9 Å². The molecule has 4 rings (SSSR count). The van der Waals surface area contributed by atoms with Crippen LogP contribution in [0.1, 0.15) is 33.7 Å². The van der Waals surface area contributed by atoms with Crippen LogP contribution in [0.5, 0.6) is 0 Å². The van der Waals surface area contributed by atoms with E-state index in [9.17, 15) is 18.0 Å². The van der Waals surface area contributed by atoms with Crippen LogP contribution in [0.3, 0.4) is 0 Å². The predicted octanol–water partition coefficient (Wildman–Crippen LogP) is 6.44. The maximum Gasteiger partial charge on any atom is 0.338 e. The molecular weight excluding hydrogens is 532 g/mol. The Morgan fingerprint density at radius 3 is 2.05 bits per heavy atom. The topological polar surface area (TPSA) is 102 Å². The van der Waals surface area contributed by atoms with Gasteiger partial charge in [0.15, 0.2) is 0 Å². The van der Waals surface area contributed by atoms with Gasteiger partial charge in [-0.1, -0.05) is 48.0 Å². The van der Waals surface area contributed by atoms with E-state index >= 15 is 0 Å². The number of benzene rings is 4. The zero-order valence-corrected chi connectivity index (χ0v) is 23.1. The fourth-order valence-corrected chi connectivity index (χ4v) is 5.76. The molecule has 1 atom stereocenters. The average molecular weight is 561 g/mol. The number of ether oxygens (including phenoxy) is 1. The Balaban J connectivity index is 1.48. The molecule has 0 bridgehead atoms. The van der Waals surface area contributed by atoms with Crippen molar-refractivity contribution < 1.29 is 22.7 Å². The van der Waals surface area contributed by atoms with Crippen molar-refractivity contribution in [2.24, 2.45) is 0 Å². The fourth-order valence-electron chi connectivity index (χ4n) is 3.68. The van der Waals surface area contributed by atoms with Gasteiger partial charge in [-0.3, -0.25) is 9.52 Å². The SMILES string of the molecule is CCOC(=O)c1ccc(NC(=O)C(Sc2ccc(NS(=O)(=O)c3ccc(C)cc3)cc2)c2ccccc2)cc1. The minimum atomic E-state index is -3.72. The Morgan fingerprint density at radius 1 is 0.821 bits per heavy atom. The van der Waals surface area contributed by atoms with E-state index < -0.39 is 21.2 Å². The number of esters is 1. The van der Waals surface area contributed by atoms with Gasteiger partial charge in [0, 0.05) is 16.3 Å². The van der Waals surface area contributed by atoms with Crippen LogP contribution in [0.25, 0.3) is 0 Å². The first-order chi connectivity index (χ1) is 18.7. The van der Waals surface area contributed by atoms with Crippen LogP contribution >= 0.6 is 11.8 Å². The van der Waals surface area contributed by atoms with Gasteiger partial charge >= 0.3 is 5.97 Å². The van der Waals surface area contributed by atoms with E-state index in [1.807, 2.05) is 37.3 Å². The number of anilines is 2. The quantitative estimate of drug-likeness (QED) is 0.171. The number of rotatable bonds is 10. The second kappa shape index (κ2) is 12.6. The summed E-state index contributed by atoms with van der Waals surface area (Å²) in [7, 11) is -3.72. The molecule has 0 fully saturated rings. The van der Waals surface area contributed by atoms with Crippen LogP contribution in [0.2, 0.25) is 0 Å². The minimum absolute atomic E-state index is 0.183. The second-order valence-corrected chi connectivity index (χ2v) is 11.5. The Morgan fingerprint density at radius 2 is 1.44 bits per heavy atom. The molecule has 0 aliphatic carbocycles. The van der Waals surface area contributed by atoms with Crippen LogP contribution in [0.4, 0.5) is 11.4 Å². The molecule has 7 nitrogen and oxygen atoms in total. The van der Waals surface area contributed by atoms with E-state index in [-0.39, 0.29) is 17.4 Å². The lowest BCUT2D eigenvalue weighted by Crippen LogP contribution is -2.19. The number of nitrogens with one attached hydrogen (secondary N) is 2. The summed E-state index contributed by atoms with van der Waals surface area (Å²) in [4.78, 5) is 26.2. The van der Waals surface area contributed by atoms with Gasteiger partial charge in [0.1, 0.15) is 5.25 Å². The van der Waals surface area contributed by atoms with Gasteiger partial charge in [-0.2, -0.15) is 0 Å². The molecule has 39 heavy (non-hydrogen) atoms. The van der Waals surface area contributed by atoms with Gasteiger partial charge < -0.3 is 10.1 Å². The first-order valence-electron chi connectivity index (χ1n) is 12.2. The number of hydrogen-bond acceptors (Lipinski definition) is 6. The number of thioether (sulfide) groups is 1. The lowest BCUT2D eigenvalue weighted by atomic mass is 10.1. The summed E-state index contributed by atoms with van der Waals surface area (Å²) in [6.07, 6.45) is 0. The van der Waals surface area contributed by atoms with Crippen LogP contribution in [0, 0.1) is 6.92 Å². The van der Waals surface area contributed by atoms with Gasteiger partial charge in [0.2, 0.25) is 5.91 Å². The second-order valence-electron chi connectivity index (χ2n) is 8.64. The van der Waals surface area contributed by atoms with Gasteiger partial charge in [-0.15, -0.1) is 11.8 Å². The first-order valence-corrected chi connectivity index (χ1v) is 14.6. The monoisotopic (exact) mass is 560 g/mol. The molecule has 1 amide bonds. The Hall–Kier alpha value is -4.08. The molecule has 4 aromatic rings. The number of aryl methyl sites for hydroxylation is 1. The Labute approximate surface area is 232 Å². The highest BCUT2D eigenvalue weighted by atomic mass is 32.2. The maximum atomic E-state index is 13.4. The molecule has 9 heteroatoms. The lowest BCUT2D eigenvalue weighted by Gasteiger charge is -2.18. The number of amides is 1. The van der Waals surface area contributed by atoms with E-state index in [1.165, 1.54) is 11.8 Å². The molecule has 0 radical (unpaired) electrons. The molecule has 0 heterocycles. The third kappa shape index (κ3) is 7.49. The molecule has 1 unspecified atom stereocenters. The summed E-state index contributed by atoms with van der Waals surface area (Å²) in [5.74, 6) is -0.656. The summed E-state index contributed by atoms with van der Waals surface area (Å²) >= 11 is 1.35. The summed E-state index contributed by atoms with van der Waals surface area (Å²) in [5, 5.41) is 2.34. The minimum Gasteiger partial charge on any atom is -0.462 e. The summed E-state index contributed by atoms with van der Waals surface area (Å²) in [6.45, 7) is 3.92. The van der Waals surface area contributed by atoms with Crippen LogP contribution in [0.15, 0.2) is 113 Å². The highest BCUT2D eigenvalue weighted by molar-refractivity contribution is 8.00. The zero-order chi connectivity index (χ0) is 27.8. The van der Waals surface area contributed by atoms with E-state index in [0.717, 1.165) is 16.0 Å². The third-order valence-corrected chi connectivity index (χ3v) is 8.36. The average Bonchev–Trinajstić information content (AvgIpc) is 2.93. The van der Waals surface area contributed by atoms with Gasteiger partial charge in [-0.05, 0) is 80.1 Å². The van der Waals surface area contributed by atoms with Crippen LogP contribution in [-0.2, 0) is 19.6 Å². The highest BCUT2D eigenvalue weighted by Crippen LogP contribution is 2.37. The van der Waals surface area contributed by atoms with E-state index in [4.69, 9.17) is 4.74 Å². The Bertz CT molecular complexity index is 1520. The van der Waals surface area contributed by atoms with Gasteiger partial charge in [0.25, 0.3) is 10.0 Å². The van der Waals surface area contributed by atoms with Crippen LogP contribution in [-0.4, -0.2) is 26.9 Å². The van der Waals surface area contributed by atoms with Crippen molar-refractivity contribution in [3.05, 3.63) is 120 Å². The molecule has 0 saturated heterocycles. The third-order valence-electron chi connectivity index (χ3n) is 5.70. The Kier molecular flexibility index (Phi) is 9.06. The predicted molar refractivity (Wildman–Crippen MR) is 154 cm³/mol. The largest absolute Gasteiger partial charge is 0.462 e. The zero-order valence-electron chi connectivity index (χ0n) is 21.5. The maximum absolute atomic E-state index is 13.4. The smallest absolute Gasteiger partial charge is 0.338 e. The van der Waals surface area contributed by atoms with Crippen molar-refractivity contribution >= 4 is 45.0 Å². The van der Waals surface area contributed by atoms with Crippen molar-refractivity contribution in [3.8, 4) is 0 Å². The van der Waals surface area contributed by atoms with Gasteiger partial charge in [0.05, 0.1) is 17.1 Å². The highest BCUT2D eigenvalue weighted by Gasteiger charge is 2.23. The molecule has 0 spiro atoms. The number of hydrogen-bond donors (Lipinski definition) is 2. The first kappa shape index (κ1) is 27.9. The standard InChI is InChI=1S/C30H28N2O5S2/c1-3-37-30(34)23-11-13-24(14-12-23)31-29(33)28(22-7-5-4-6-8-22)38-26-17-15-25(16-18-26)32-39(35,36)27-19-9-21(2)10-20-27/h4-20,28,32H,3H2,1-2H3,(H,31,33). The van der Waals surface area contributed by atoms with Crippen molar-refractivity contribution in [1.82, 2.24) is 0 Å². The summed E-state index contributed by atoms with van der Waals surface area (Å²) in [5.41, 5.74) is 3.16. The van der Waals surface area contributed by atoms with Crippen molar-refractivity contribution in [1.29, 1.82) is 0 Å². The number of carbonyl (C=O) groups is 2. The molecule has 0 aliphatic heterocycles. The molecule has 0 aliphatic rings. The fraction of sp³-hybridized carbons (Fsp3) is 0.133. The molecule has 4 aromatic carbocycles. The van der Waals surface area contributed by atoms with Crippen molar-refractivity contribution in [2.75, 3.05) is 16.6 Å². The van der Waals surface area contributed by atoms with Crippen molar-refractivity contribution in [3.63, 3.8) is 0 Å². The molecule has 0 aromatic heterocycles. The molecule has 2 N–H and O–H groups in total. The molecular formula is C30H28N2O5S2. The van der Waals surface area contributed by atoms with E-state index in [2.05, 4.69) is 10.0 Å². The number of sulfonamides is 1. The number of carbonyl (C=O) groups excluding carboxylic acids is 2. The lowest BCUT2D eigenvalue weighted by molar-refractivity contribution is -0.115. The van der Waals surface area contributed by atoms with E-state index in [1.54, 1.807) is 79.7 Å². The molecule has 200 valence electrons. The van der Waals surface area contributed by atoms with E-state index in [0.29, 0.717) is 16.9 Å². The molecule has 0 saturated carbocycles. The summed E-state index contributed by atoms with van der Waals surface area (Å²) in [6, 6.07) is 29.4. The summed E-state index contributed by atoms with van der Waals surface area (Å²) < 4.78 is 33.0. The van der Waals surface area contributed by atoms with Crippen LogP contribution < -0.4 is 10.0 Å². The van der Waals surface area contributed by atoms with Gasteiger partial charge in [-0.25, -0.2) is 13.2 Å². The normalized spacial score (nSPS) is 11.8.